The SMILES string of the molecule is C=CC(=O)Nc1ccc(CCC(=O)Nc2ncc(Cc3cccc(C(=O)OC)c3)s2)cc1. The minimum atomic E-state index is -0.375. The number of amides is 2. The van der Waals surface area contributed by atoms with Crippen molar-refractivity contribution in [3.63, 3.8) is 0 Å². The van der Waals surface area contributed by atoms with E-state index < -0.39 is 0 Å². The molecular formula is C24H23N3O4S. The van der Waals surface area contributed by atoms with Gasteiger partial charge < -0.3 is 15.4 Å². The molecule has 8 heteroatoms. The molecule has 0 bridgehead atoms. The molecule has 0 spiro atoms. The summed E-state index contributed by atoms with van der Waals surface area (Å²) in [5.74, 6) is -0.765. The van der Waals surface area contributed by atoms with E-state index in [-0.39, 0.29) is 17.8 Å². The van der Waals surface area contributed by atoms with Gasteiger partial charge in [-0.3, -0.25) is 9.59 Å². The van der Waals surface area contributed by atoms with E-state index in [1.165, 1.54) is 24.5 Å². The van der Waals surface area contributed by atoms with Gasteiger partial charge in [-0.15, -0.1) is 11.3 Å². The molecule has 1 heterocycles. The summed E-state index contributed by atoms with van der Waals surface area (Å²) in [6.07, 6.45) is 4.42. The summed E-state index contributed by atoms with van der Waals surface area (Å²) >= 11 is 1.40. The van der Waals surface area contributed by atoms with E-state index in [0.29, 0.717) is 35.6 Å². The second-order valence-corrected chi connectivity index (χ2v) is 8.05. The highest BCUT2D eigenvalue weighted by Crippen LogP contribution is 2.22. The molecule has 0 saturated heterocycles. The number of anilines is 2. The molecule has 0 unspecified atom stereocenters. The highest BCUT2D eigenvalue weighted by Gasteiger charge is 2.10. The first-order valence-electron chi connectivity index (χ1n) is 9.91. The van der Waals surface area contributed by atoms with Crippen LogP contribution in [0.4, 0.5) is 10.8 Å². The number of hydrogen-bond donors (Lipinski definition) is 2. The quantitative estimate of drug-likeness (QED) is 0.377. The lowest BCUT2D eigenvalue weighted by atomic mass is 10.1. The highest BCUT2D eigenvalue weighted by atomic mass is 32.1. The van der Waals surface area contributed by atoms with Crippen LogP contribution in [0.15, 0.2) is 67.4 Å². The Morgan fingerprint density at radius 2 is 1.88 bits per heavy atom. The molecule has 2 aromatic carbocycles. The summed E-state index contributed by atoms with van der Waals surface area (Å²) < 4.78 is 4.75. The van der Waals surface area contributed by atoms with Crippen LogP contribution < -0.4 is 10.6 Å². The lowest BCUT2D eigenvalue weighted by molar-refractivity contribution is -0.116. The molecule has 0 fully saturated rings. The van der Waals surface area contributed by atoms with Gasteiger partial charge in [0.05, 0.1) is 12.7 Å². The predicted molar refractivity (Wildman–Crippen MR) is 125 cm³/mol. The molecule has 32 heavy (non-hydrogen) atoms. The second kappa shape index (κ2) is 11.0. The molecule has 7 nitrogen and oxygen atoms in total. The summed E-state index contributed by atoms with van der Waals surface area (Å²) in [7, 11) is 1.35. The summed E-state index contributed by atoms with van der Waals surface area (Å²) in [6, 6.07) is 14.6. The number of aromatic nitrogens is 1. The van der Waals surface area contributed by atoms with Crippen LogP contribution in [0.1, 0.15) is 32.8 Å². The molecule has 0 aliphatic rings. The average Bonchev–Trinajstić information content (AvgIpc) is 3.24. The van der Waals surface area contributed by atoms with Crippen molar-refractivity contribution in [1.29, 1.82) is 0 Å². The number of benzene rings is 2. The first-order valence-corrected chi connectivity index (χ1v) is 10.7. The number of ether oxygens (including phenoxy) is 1. The fourth-order valence-electron chi connectivity index (χ4n) is 2.96. The highest BCUT2D eigenvalue weighted by molar-refractivity contribution is 7.15. The maximum absolute atomic E-state index is 12.3. The molecule has 2 N–H and O–H groups in total. The molecule has 1 aromatic heterocycles. The molecule has 3 aromatic rings. The number of thiazole rings is 1. The Kier molecular flexibility index (Phi) is 7.88. The Balaban J connectivity index is 1.50. The number of methoxy groups -OCH3 is 1. The normalized spacial score (nSPS) is 10.3. The molecule has 0 radical (unpaired) electrons. The van der Waals surface area contributed by atoms with Crippen molar-refractivity contribution in [2.24, 2.45) is 0 Å². The van der Waals surface area contributed by atoms with Crippen molar-refractivity contribution in [2.75, 3.05) is 17.7 Å². The molecule has 2 amide bonds. The maximum atomic E-state index is 12.3. The van der Waals surface area contributed by atoms with Gasteiger partial charge in [-0.2, -0.15) is 0 Å². The summed E-state index contributed by atoms with van der Waals surface area (Å²) in [4.78, 5) is 40.5. The molecule has 0 aliphatic carbocycles. The number of nitrogens with one attached hydrogen (secondary N) is 2. The van der Waals surface area contributed by atoms with Gasteiger partial charge >= 0.3 is 5.97 Å². The third-order valence-corrected chi connectivity index (χ3v) is 5.49. The first kappa shape index (κ1) is 22.9. The fourth-order valence-corrected chi connectivity index (χ4v) is 3.82. The maximum Gasteiger partial charge on any atom is 0.337 e. The number of carbonyl (C=O) groups is 3. The molecule has 0 aliphatic heterocycles. The van der Waals surface area contributed by atoms with Crippen LogP contribution in [0.2, 0.25) is 0 Å². The molecular weight excluding hydrogens is 426 g/mol. The van der Waals surface area contributed by atoms with E-state index in [1.807, 2.05) is 24.3 Å². The van der Waals surface area contributed by atoms with Crippen LogP contribution in [0.3, 0.4) is 0 Å². The minimum absolute atomic E-state index is 0.123. The number of nitrogens with zero attached hydrogens (tertiary/aromatic N) is 1. The Labute approximate surface area is 190 Å². The van der Waals surface area contributed by atoms with Crippen molar-refractivity contribution in [2.45, 2.75) is 19.3 Å². The van der Waals surface area contributed by atoms with Gasteiger partial charge in [-0.1, -0.05) is 30.8 Å². The van der Waals surface area contributed by atoms with Crippen LogP contribution in [0, 0.1) is 0 Å². The first-order chi connectivity index (χ1) is 15.5. The topological polar surface area (TPSA) is 97.4 Å². The summed E-state index contributed by atoms with van der Waals surface area (Å²) in [6.45, 7) is 3.42. The van der Waals surface area contributed by atoms with Crippen LogP contribution in [-0.4, -0.2) is 29.9 Å². The molecule has 0 saturated carbocycles. The lowest BCUT2D eigenvalue weighted by Crippen LogP contribution is -2.12. The monoisotopic (exact) mass is 449 g/mol. The van der Waals surface area contributed by atoms with Gasteiger partial charge in [0.2, 0.25) is 11.8 Å². The third-order valence-electron chi connectivity index (χ3n) is 4.57. The van der Waals surface area contributed by atoms with E-state index in [0.717, 1.165) is 16.0 Å². The summed E-state index contributed by atoms with van der Waals surface area (Å²) in [5, 5.41) is 6.05. The number of esters is 1. The Hall–Kier alpha value is -3.78. The van der Waals surface area contributed by atoms with Gasteiger partial charge in [0.25, 0.3) is 0 Å². The minimum Gasteiger partial charge on any atom is -0.465 e. The standard InChI is InChI=1S/C24H23N3O4S/c1-3-21(28)26-19-10-7-16(8-11-19)9-12-22(29)27-24-25-15-20(32-24)14-17-5-4-6-18(13-17)23(30)31-2/h3-8,10-11,13,15H,1,9,12,14H2,2H3,(H,26,28)(H,25,27,29). The zero-order valence-corrected chi connectivity index (χ0v) is 18.4. The largest absolute Gasteiger partial charge is 0.465 e. The average molecular weight is 450 g/mol. The fraction of sp³-hybridized carbons (Fsp3) is 0.167. The van der Waals surface area contributed by atoms with Crippen molar-refractivity contribution < 1.29 is 19.1 Å². The number of rotatable bonds is 9. The van der Waals surface area contributed by atoms with Gasteiger partial charge in [-0.05, 0) is 47.9 Å². The number of hydrogen-bond acceptors (Lipinski definition) is 6. The smallest absolute Gasteiger partial charge is 0.337 e. The van der Waals surface area contributed by atoms with E-state index in [1.54, 1.807) is 30.5 Å². The van der Waals surface area contributed by atoms with Crippen molar-refractivity contribution in [3.05, 3.63) is 89.0 Å². The molecule has 164 valence electrons. The van der Waals surface area contributed by atoms with Crippen molar-refractivity contribution in [1.82, 2.24) is 4.98 Å². The van der Waals surface area contributed by atoms with E-state index in [9.17, 15) is 14.4 Å². The van der Waals surface area contributed by atoms with Gasteiger partial charge in [0, 0.05) is 29.6 Å². The van der Waals surface area contributed by atoms with E-state index in [2.05, 4.69) is 22.2 Å². The zero-order valence-electron chi connectivity index (χ0n) is 17.6. The third kappa shape index (κ3) is 6.61. The molecule has 3 rings (SSSR count). The van der Waals surface area contributed by atoms with Crippen LogP contribution in [0.5, 0.6) is 0 Å². The van der Waals surface area contributed by atoms with Gasteiger partial charge in [0.1, 0.15) is 0 Å². The summed E-state index contributed by atoms with van der Waals surface area (Å²) in [5.41, 5.74) is 3.12. The Morgan fingerprint density at radius 3 is 2.59 bits per heavy atom. The Bertz CT molecular complexity index is 1120. The molecule has 0 atom stereocenters. The van der Waals surface area contributed by atoms with Gasteiger partial charge in [-0.25, -0.2) is 9.78 Å². The Morgan fingerprint density at radius 1 is 1.09 bits per heavy atom. The van der Waals surface area contributed by atoms with E-state index >= 15 is 0 Å². The predicted octanol–water partition coefficient (Wildman–Crippen LogP) is 4.22. The zero-order chi connectivity index (χ0) is 22.9. The van der Waals surface area contributed by atoms with Crippen LogP contribution >= 0.6 is 11.3 Å². The van der Waals surface area contributed by atoms with E-state index in [4.69, 9.17) is 4.74 Å². The lowest BCUT2D eigenvalue weighted by Gasteiger charge is -2.05. The second-order valence-electron chi connectivity index (χ2n) is 6.94. The van der Waals surface area contributed by atoms with Gasteiger partial charge in [0.15, 0.2) is 5.13 Å². The van der Waals surface area contributed by atoms with Crippen LogP contribution in [0.25, 0.3) is 0 Å². The number of carbonyl (C=O) groups excluding carboxylic acids is 3. The van der Waals surface area contributed by atoms with Crippen molar-refractivity contribution >= 4 is 39.9 Å². The van der Waals surface area contributed by atoms with Crippen molar-refractivity contribution in [3.8, 4) is 0 Å². The van der Waals surface area contributed by atoms with Crippen LogP contribution in [-0.2, 0) is 27.2 Å². The number of aryl methyl sites for hydroxylation is 1.